The fourth-order valence-corrected chi connectivity index (χ4v) is 7.67. The van der Waals surface area contributed by atoms with Gasteiger partial charge in [0.05, 0.1) is 29.5 Å². The number of nitrogens with one attached hydrogen (secondary N) is 3. The van der Waals surface area contributed by atoms with Gasteiger partial charge >= 0.3 is 0 Å². The Bertz CT molecular complexity index is 2490. The van der Waals surface area contributed by atoms with Crippen molar-refractivity contribution in [3.05, 3.63) is 106 Å². The van der Waals surface area contributed by atoms with Gasteiger partial charge in [-0.1, -0.05) is 12.1 Å². The molecule has 57 heavy (non-hydrogen) atoms. The number of carbonyl (C=O) groups excluding carboxylic acids is 4. The fourth-order valence-electron chi connectivity index (χ4n) is 7.67. The van der Waals surface area contributed by atoms with Crippen LogP contribution in [0.1, 0.15) is 76.6 Å². The van der Waals surface area contributed by atoms with Crippen molar-refractivity contribution in [3.63, 3.8) is 0 Å². The lowest BCUT2D eigenvalue weighted by atomic mass is 10.0. The number of hydrogen-bond acceptors (Lipinski definition) is 12. The number of hydrogen-bond donors (Lipinski definition) is 4. The predicted molar refractivity (Wildman–Crippen MR) is 213 cm³/mol. The molecule has 0 bridgehead atoms. The molecule has 3 aromatic heterocycles. The molecule has 5 aromatic rings. The smallest absolute Gasteiger partial charge is 0.278 e. The average Bonchev–Trinajstić information content (AvgIpc) is 3.80. The molecule has 8 rings (SSSR count). The molecule has 5 heterocycles. The molecule has 2 unspecified atom stereocenters. The summed E-state index contributed by atoms with van der Waals surface area (Å²) in [6.45, 7) is 5.57. The predicted octanol–water partition coefficient (Wildman–Crippen LogP) is 4.01. The molecule has 16 heteroatoms. The van der Waals surface area contributed by atoms with Gasteiger partial charge in [0.25, 0.3) is 17.4 Å². The van der Waals surface area contributed by atoms with E-state index in [-0.39, 0.29) is 36.1 Å². The van der Waals surface area contributed by atoms with E-state index in [1.54, 1.807) is 29.0 Å². The molecule has 3 aliphatic rings. The first-order valence-corrected chi connectivity index (χ1v) is 19.1. The lowest BCUT2D eigenvalue weighted by Gasteiger charge is -2.27. The molecule has 2 aliphatic heterocycles. The lowest BCUT2D eigenvalue weighted by Crippen LogP contribution is -2.54. The van der Waals surface area contributed by atoms with Crippen molar-refractivity contribution in [2.24, 2.45) is 0 Å². The van der Waals surface area contributed by atoms with E-state index < -0.39 is 35.8 Å². The van der Waals surface area contributed by atoms with Crippen LogP contribution in [0.2, 0.25) is 0 Å². The Labute approximate surface area is 327 Å². The third kappa shape index (κ3) is 7.15. The number of rotatable bonds is 14. The van der Waals surface area contributed by atoms with Crippen LogP contribution in [-0.4, -0.2) is 84.1 Å². The molecule has 1 aliphatic carbocycles. The van der Waals surface area contributed by atoms with E-state index in [1.807, 2.05) is 43.4 Å². The number of nitrogens with zero attached hydrogens (tertiary/aromatic N) is 7. The number of aliphatic hydroxyl groups excluding tert-OH is 1. The highest BCUT2D eigenvalue weighted by Gasteiger charge is 2.44. The average molecular weight is 771 g/mol. The van der Waals surface area contributed by atoms with Crippen LogP contribution in [0.4, 0.5) is 23.0 Å². The maximum Gasteiger partial charge on any atom is 0.278 e. The van der Waals surface area contributed by atoms with Gasteiger partial charge in [-0.2, -0.15) is 4.98 Å². The van der Waals surface area contributed by atoms with E-state index in [9.17, 15) is 29.1 Å². The number of aliphatic hydroxyl groups is 1. The summed E-state index contributed by atoms with van der Waals surface area (Å²) in [4.78, 5) is 80.4. The highest BCUT2D eigenvalue weighted by molar-refractivity contribution is 6.23. The number of piperidine rings is 1. The molecular weight excluding hydrogens is 729 g/mol. The van der Waals surface area contributed by atoms with E-state index >= 15 is 0 Å². The van der Waals surface area contributed by atoms with E-state index in [2.05, 4.69) is 32.4 Å². The largest absolute Gasteiger partial charge is 0.387 e. The van der Waals surface area contributed by atoms with Crippen molar-refractivity contribution in [1.29, 1.82) is 0 Å². The highest BCUT2D eigenvalue weighted by Crippen LogP contribution is 2.32. The minimum atomic E-state index is -0.989. The molecule has 2 aromatic carbocycles. The third-order valence-corrected chi connectivity index (χ3v) is 10.7. The Balaban J connectivity index is 0.838. The van der Waals surface area contributed by atoms with Crippen molar-refractivity contribution in [2.75, 3.05) is 35.7 Å². The molecule has 1 saturated heterocycles. The molecule has 0 saturated carbocycles. The zero-order valence-corrected chi connectivity index (χ0v) is 31.4. The van der Waals surface area contributed by atoms with Crippen molar-refractivity contribution in [2.45, 2.75) is 63.6 Å². The Morgan fingerprint density at radius 2 is 1.72 bits per heavy atom. The molecule has 2 atom stereocenters. The number of pyridine rings is 1. The number of anilines is 4. The number of carbonyl (C=O) groups is 4. The number of imide groups is 2. The summed E-state index contributed by atoms with van der Waals surface area (Å²) in [6, 6.07) is 15.7. The van der Waals surface area contributed by atoms with Gasteiger partial charge in [-0.25, -0.2) is 19.3 Å². The van der Waals surface area contributed by atoms with Crippen LogP contribution in [0, 0.1) is 0 Å². The van der Waals surface area contributed by atoms with Crippen LogP contribution in [0.15, 0.2) is 78.2 Å². The van der Waals surface area contributed by atoms with Crippen LogP contribution in [0.25, 0.3) is 16.9 Å². The van der Waals surface area contributed by atoms with Gasteiger partial charge in [0.15, 0.2) is 11.5 Å². The van der Waals surface area contributed by atoms with Gasteiger partial charge in [0.1, 0.15) is 11.4 Å². The number of unbranched alkanes of at least 4 members (excludes halogenated alkanes) is 2. The molecule has 292 valence electrons. The van der Waals surface area contributed by atoms with E-state index in [0.29, 0.717) is 47.1 Å². The number of aromatic nitrogens is 5. The minimum absolute atomic E-state index is 0.0770. The van der Waals surface area contributed by atoms with Gasteiger partial charge in [-0.3, -0.25) is 34.2 Å². The summed E-state index contributed by atoms with van der Waals surface area (Å²) in [6.07, 6.45) is 6.88. The number of fused-ring (bicyclic) bond motifs is 3. The van der Waals surface area contributed by atoms with E-state index in [4.69, 9.17) is 9.97 Å². The highest BCUT2D eigenvalue weighted by atomic mass is 16.3. The first-order chi connectivity index (χ1) is 27.6. The third-order valence-electron chi connectivity index (χ3n) is 10.7. The standard InChI is InChI=1S/C41H42N10O6/c1-3-20-49-38(55)30-23-43-41(47-36(30)51(49)33-17-8-24-7-16-32(52)35(24)45-33)44-25-9-12-27(13-10-25)48(2)21-6-4-5-19-42-26-11-14-28-29(22-26)40(57)50(39(28)56)31-15-18-34(53)46-37(31)54/h3,8-14,17,22-23,31-32,42,52H,1,4-7,15-16,18-21H2,2H3,(H,43,44,47)(H,46,53,54). The van der Waals surface area contributed by atoms with E-state index in [1.165, 1.54) is 10.9 Å². The number of amides is 4. The van der Waals surface area contributed by atoms with Crippen molar-refractivity contribution in [1.82, 2.24) is 34.5 Å². The molecule has 4 amide bonds. The van der Waals surface area contributed by atoms with Gasteiger partial charge in [0.2, 0.25) is 17.8 Å². The Hall–Kier alpha value is -6.68. The fraction of sp³-hybridized carbons (Fsp3) is 0.317. The SMILES string of the molecule is C=CCn1c(=O)c2cnc(Nc3ccc(N(C)CCCCCNc4ccc5c(c4)C(=O)N(C4CCC(=O)NC4=O)C5=O)cc3)nc2n1-c1ccc2c(n1)C(O)CC2. The normalized spacial score (nSPS) is 17.5. The van der Waals surface area contributed by atoms with Crippen LogP contribution < -0.4 is 26.4 Å². The number of aryl methyl sites for hydroxylation is 1. The van der Waals surface area contributed by atoms with Gasteiger partial charge in [-0.05, 0) is 92.6 Å². The van der Waals surface area contributed by atoms with Crippen LogP contribution >= 0.6 is 0 Å². The second kappa shape index (κ2) is 15.5. The Morgan fingerprint density at radius 1 is 0.930 bits per heavy atom. The molecule has 1 fully saturated rings. The van der Waals surface area contributed by atoms with Gasteiger partial charge in [0, 0.05) is 49.8 Å². The summed E-state index contributed by atoms with van der Waals surface area (Å²) < 4.78 is 3.17. The Morgan fingerprint density at radius 3 is 2.51 bits per heavy atom. The maximum atomic E-state index is 13.4. The van der Waals surface area contributed by atoms with Crippen molar-refractivity contribution >= 4 is 57.7 Å². The monoisotopic (exact) mass is 770 g/mol. The van der Waals surface area contributed by atoms with Crippen molar-refractivity contribution in [3.8, 4) is 5.82 Å². The van der Waals surface area contributed by atoms with Gasteiger partial charge in [-0.15, -0.1) is 6.58 Å². The minimum Gasteiger partial charge on any atom is -0.387 e. The quantitative estimate of drug-likeness (QED) is 0.0721. The summed E-state index contributed by atoms with van der Waals surface area (Å²) in [5, 5.41) is 19.6. The number of benzene rings is 2. The summed E-state index contributed by atoms with van der Waals surface area (Å²) >= 11 is 0. The molecule has 0 spiro atoms. The topological polar surface area (TPSA) is 197 Å². The van der Waals surface area contributed by atoms with E-state index in [0.717, 1.165) is 54.1 Å². The van der Waals surface area contributed by atoms with Gasteiger partial charge < -0.3 is 20.6 Å². The molecule has 16 nitrogen and oxygen atoms in total. The molecule has 0 radical (unpaired) electrons. The maximum absolute atomic E-state index is 13.4. The second-order valence-electron chi connectivity index (χ2n) is 14.5. The zero-order chi connectivity index (χ0) is 39.8. The molecule has 4 N–H and O–H groups in total. The first kappa shape index (κ1) is 37.3. The first-order valence-electron chi connectivity index (χ1n) is 19.1. The van der Waals surface area contributed by atoms with Crippen LogP contribution in [0.5, 0.6) is 0 Å². The summed E-state index contributed by atoms with van der Waals surface area (Å²) in [5.41, 5.74) is 4.78. The van der Waals surface area contributed by atoms with Crippen molar-refractivity contribution < 1.29 is 24.3 Å². The Kier molecular flexibility index (Phi) is 10.1. The second-order valence-corrected chi connectivity index (χ2v) is 14.5. The molecular formula is C41H42N10O6. The van der Waals surface area contributed by atoms with Crippen LogP contribution in [0.3, 0.4) is 0 Å². The van der Waals surface area contributed by atoms with Crippen LogP contribution in [-0.2, 0) is 22.6 Å². The lowest BCUT2D eigenvalue weighted by molar-refractivity contribution is -0.136. The zero-order valence-electron chi connectivity index (χ0n) is 31.4. The summed E-state index contributed by atoms with van der Waals surface area (Å²) in [5.74, 6) is -1.28. The summed E-state index contributed by atoms with van der Waals surface area (Å²) in [7, 11) is 2.04. The number of allylic oxidation sites excluding steroid dienone is 1.